The summed E-state index contributed by atoms with van der Waals surface area (Å²) in [5.74, 6) is 0.120. The van der Waals surface area contributed by atoms with Gasteiger partial charge in [-0.1, -0.05) is 0 Å². The SMILES string of the molecule is Cc1oc(C)c(S(=O)(=O)N(C)CC(F)(F)F)c1CO. The van der Waals surface area contributed by atoms with E-state index in [1.807, 2.05) is 0 Å². The molecule has 1 N–H and O–H groups in total. The molecule has 0 saturated carbocycles. The third-order valence-electron chi connectivity index (χ3n) is 2.55. The number of hydrogen-bond acceptors (Lipinski definition) is 4. The van der Waals surface area contributed by atoms with Crippen LogP contribution in [0.1, 0.15) is 17.1 Å². The number of sulfonamides is 1. The van der Waals surface area contributed by atoms with Crippen molar-refractivity contribution in [1.82, 2.24) is 4.31 Å². The van der Waals surface area contributed by atoms with Gasteiger partial charge in [-0.25, -0.2) is 8.42 Å². The van der Waals surface area contributed by atoms with Crippen molar-refractivity contribution in [2.45, 2.75) is 31.5 Å². The van der Waals surface area contributed by atoms with Gasteiger partial charge in [-0.05, 0) is 13.8 Å². The lowest BCUT2D eigenvalue weighted by Crippen LogP contribution is -2.36. The molecule has 0 aliphatic carbocycles. The first-order valence-corrected chi connectivity index (χ1v) is 6.67. The Morgan fingerprint density at radius 3 is 2.21 bits per heavy atom. The van der Waals surface area contributed by atoms with Crippen molar-refractivity contribution in [3.05, 3.63) is 17.1 Å². The number of aliphatic hydroxyl groups excluding tert-OH is 1. The van der Waals surface area contributed by atoms with Gasteiger partial charge in [-0.2, -0.15) is 17.5 Å². The first kappa shape index (κ1) is 16.0. The number of aliphatic hydroxyl groups is 1. The van der Waals surface area contributed by atoms with Crippen LogP contribution in [0.4, 0.5) is 13.2 Å². The van der Waals surface area contributed by atoms with Crippen LogP contribution in [0.15, 0.2) is 9.31 Å². The predicted octanol–water partition coefficient (Wildman–Crippen LogP) is 1.57. The number of rotatable bonds is 4. The van der Waals surface area contributed by atoms with E-state index in [-0.39, 0.29) is 21.4 Å². The van der Waals surface area contributed by atoms with E-state index in [0.717, 1.165) is 7.05 Å². The summed E-state index contributed by atoms with van der Waals surface area (Å²) in [6.07, 6.45) is -4.64. The fraction of sp³-hybridized carbons (Fsp3) is 0.600. The van der Waals surface area contributed by atoms with Crippen molar-refractivity contribution < 1.29 is 31.1 Å². The Hall–Kier alpha value is -1.06. The fourth-order valence-electron chi connectivity index (χ4n) is 1.72. The van der Waals surface area contributed by atoms with Gasteiger partial charge in [-0.15, -0.1) is 0 Å². The second-order valence-electron chi connectivity index (χ2n) is 4.06. The Morgan fingerprint density at radius 2 is 1.79 bits per heavy atom. The van der Waals surface area contributed by atoms with Crippen molar-refractivity contribution in [3.8, 4) is 0 Å². The maximum Gasteiger partial charge on any atom is 0.402 e. The van der Waals surface area contributed by atoms with E-state index in [1.54, 1.807) is 0 Å². The molecular formula is C10H14F3NO4S. The van der Waals surface area contributed by atoms with Crippen molar-refractivity contribution in [2.75, 3.05) is 13.6 Å². The Labute approximate surface area is 108 Å². The number of furan rings is 1. The zero-order chi connectivity index (χ0) is 15.0. The van der Waals surface area contributed by atoms with Crippen molar-refractivity contribution >= 4 is 10.0 Å². The van der Waals surface area contributed by atoms with Crippen molar-refractivity contribution in [1.29, 1.82) is 0 Å². The van der Waals surface area contributed by atoms with Crippen molar-refractivity contribution in [3.63, 3.8) is 0 Å². The molecule has 110 valence electrons. The Bertz CT molecular complexity index is 562. The van der Waals surface area contributed by atoms with E-state index >= 15 is 0 Å². The molecule has 0 aromatic carbocycles. The summed E-state index contributed by atoms with van der Waals surface area (Å²) in [4.78, 5) is -0.403. The third kappa shape index (κ3) is 3.28. The molecule has 0 aliphatic rings. The molecule has 0 atom stereocenters. The lowest BCUT2D eigenvalue weighted by Gasteiger charge is -2.19. The van der Waals surface area contributed by atoms with E-state index in [4.69, 9.17) is 9.52 Å². The smallest absolute Gasteiger partial charge is 0.402 e. The monoisotopic (exact) mass is 301 g/mol. The number of alkyl halides is 3. The van der Waals surface area contributed by atoms with Crippen LogP contribution in [0, 0.1) is 13.8 Å². The zero-order valence-electron chi connectivity index (χ0n) is 10.6. The van der Waals surface area contributed by atoms with E-state index < -0.39 is 34.2 Å². The largest absolute Gasteiger partial charge is 0.465 e. The van der Waals surface area contributed by atoms with Crippen LogP contribution >= 0.6 is 0 Å². The molecule has 1 rings (SSSR count). The summed E-state index contributed by atoms with van der Waals surface area (Å²) in [7, 11) is -3.54. The summed E-state index contributed by atoms with van der Waals surface area (Å²) < 4.78 is 66.2. The number of halogens is 3. The molecular weight excluding hydrogens is 287 g/mol. The fourth-order valence-corrected chi connectivity index (χ4v) is 3.28. The normalized spacial score (nSPS) is 13.3. The molecule has 1 heterocycles. The minimum absolute atomic E-state index is 0.0217. The van der Waals surface area contributed by atoms with Crippen LogP contribution < -0.4 is 0 Å². The summed E-state index contributed by atoms with van der Waals surface area (Å²) in [6, 6.07) is 0. The third-order valence-corrected chi connectivity index (χ3v) is 4.55. The maximum atomic E-state index is 12.3. The first-order valence-electron chi connectivity index (χ1n) is 5.23. The standard InChI is InChI=1S/C10H14F3NO4S/c1-6-8(4-15)9(7(2)18-6)19(16,17)14(3)5-10(11,12)13/h15H,4-5H2,1-3H3. The van der Waals surface area contributed by atoms with Gasteiger partial charge in [0.2, 0.25) is 10.0 Å². The van der Waals surface area contributed by atoms with Gasteiger partial charge < -0.3 is 9.52 Å². The van der Waals surface area contributed by atoms with Crippen LogP contribution in [0.5, 0.6) is 0 Å². The molecule has 5 nitrogen and oxygen atoms in total. The van der Waals surface area contributed by atoms with E-state index in [9.17, 15) is 21.6 Å². The average molecular weight is 301 g/mol. The van der Waals surface area contributed by atoms with E-state index in [0.29, 0.717) is 0 Å². The van der Waals surface area contributed by atoms with E-state index in [2.05, 4.69) is 0 Å². The van der Waals surface area contributed by atoms with Gasteiger partial charge in [0.25, 0.3) is 0 Å². The second-order valence-corrected chi connectivity index (χ2v) is 6.04. The summed E-state index contributed by atoms with van der Waals surface area (Å²) in [5.41, 5.74) is -0.0217. The minimum Gasteiger partial charge on any atom is -0.465 e. The molecule has 0 spiro atoms. The highest BCUT2D eigenvalue weighted by Crippen LogP contribution is 2.30. The highest BCUT2D eigenvalue weighted by Gasteiger charge is 2.37. The Kier molecular flexibility index (Phi) is 4.33. The molecule has 0 bridgehead atoms. The van der Waals surface area contributed by atoms with Gasteiger partial charge in [0.1, 0.15) is 23.0 Å². The predicted molar refractivity (Wildman–Crippen MR) is 60.0 cm³/mol. The van der Waals surface area contributed by atoms with Crippen LogP contribution in [-0.4, -0.2) is 37.6 Å². The molecule has 0 aliphatic heterocycles. The quantitative estimate of drug-likeness (QED) is 0.916. The molecule has 9 heteroatoms. The van der Waals surface area contributed by atoms with Crippen LogP contribution in [-0.2, 0) is 16.6 Å². The first-order chi connectivity index (χ1) is 8.50. The Morgan fingerprint density at radius 1 is 1.26 bits per heavy atom. The summed E-state index contributed by atoms with van der Waals surface area (Å²) in [5, 5.41) is 9.13. The van der Waals surface area contributed by atoms with Gasteiger partial charge in [0, 0.05) is 12.6 Å². The summed E-state index contributed by atoms with van der Waals surface area (Å²) >= 11 is 0. The van der Waals surface area contributed by atoms with Gasteiger partial charge in [0.05, 0.1) is 6.61 Å². The molecule has 1 aromatic rings. The lowest BCUT2D eigenvalue weighted by molar-refractivity contribution is -0.134. The zero-order valence-corrected chi connectivity index (χ0v) is 11.4. The lowest BCUT2D eigenvalue weighted by atomic mass is 10.2. The second kappa shape index (κ2) is 5.14. The molecule has 0 unspecified atom stereocenters. The Balaban J connectivity index is 3.28. The average Bonchev–Trinajstić information content (AvgIpc) is 2.50. The van der Waals surface area contributed by atoms with Crippen LogP contribution in [0.25, 0.3) is 0 Å². The number of nitrogens with zero attached hydrogens (tertiary/aromatic N) is 1. The minimum atomic E-state index is -4.64. The molecule has 0 radical (unpaired) electrons. The highest BCUT2D eigenvalue weighted by atomic mass is 32.2. The van der Waals surface area contributed by atoms with Gasteiger partial charge in [0.15, 0.2) is 0 Å². The van der Waals surface area contributed by atoms with Crippen LogP contribution in [0.3, 0.4) is 0 Å². The van der Waals surface area contributed by atoms with Gasteiger partial charge in [-0.3, -0.25) is 0 Å². The molecule has 19 heavy (non-hydrogen) atoms. The molecule has 0 amide bonds. The number of aryl methyl sites for hydroxylation is 2. The van der Waals surface area contributed by atoms with Crippen LogP contribution in [0.2, 0.25) is 0 Å². The van der Waals surface area contributed by atoms with Gasteiger partial charge >= 0.3 is 6.18 Å². The van der Waals surface area contributed by atoms with Crippen molar-refractivity contribution in [2.24, 2.45) is 0 Å². The summed E-state index contributed by atoms with van der Waals surface area (Å²) in [6.45, 7) is 0.517. The highest BCUT2D eigenvalue weighted by molar-refractivity contribution is 7.89. The molecule has 0 fully saturated rings. The molecule has 1 aromatic heterocycles. The topological polar surface area (TPSA) is 70.8 Å². The molecule has 0 saturated heterocycles. The maximum absolute atomic E-state index is 12.3. The van der Waals surface area contributed by atoms with E-state index in [1.165, 1.54) is 13.8 Å². The number of hydrogen-bond donors (Lipinski definition) is 1.